The van der Waals surface area contributed by atoms with Crippen molar-refractivity contribution in [1.29, 1.82) is 0 Å². The van der Waals surface area contributed by atoms with Gasteiger partial charge < -0.3 is 29.4 Å². The summed E-state index contributed by atoms with van der Waals surface area (Å²) in [6.07, 6.45) is 6.27. The number of para-hydroxylation sites is 1. The summed E-state index contributed by atoms with van der Waals surface area (Å²) in [5, 5.41) is 4.23. The van der Waals surface area contributed by atoms with Crippen LogP contribution < -0.4 is 14.8 Å². The molecule has 4 unspecified atom stereocenters. The molecule has 8 nitrogen and oxygen atoms in total. The van der Waals surface area contributed by atoms with E-state index in [-0.39, 0.29) is 24.7 Å². The third-order valence-corrected chi connectivity index (χ3v) is 7.66. The highest BCUT2D eigenvalue weighted by atomic mass is 16.7. The number of likely N-dealkylation sites (tertiary alicyclic amines) is 1. The zero-order valence-corrected chi connectivity index (χ0v) is 19.0. The number of ether oxygens (including phenoxy) is 3. The molecule has 178 valence electrons. The molecule has 2 aromatic carbocycles. The second kappa shape index (κ2) is 7.61. The summed E-state index contributed by atoms with van der Waals surface area (Å²) in [7, 11) is 0. The van der Waals surface area contributed by atoms with Crippen LogP contribution in [0, 0.1) is 11.8 Å². The van der Waals surface area contributed by atoms with Crippen molar-refractivity contribution in [3.8, 4) is 11.5 Å². The molecule has 0 aliphatic carbocycles. The number of hydrogen-bond acceptors (Lipinski definition) is 5. The van der Waals surface area contributed by atoms with Crippen LogP contribution in [0.3, 0.4) is 0 Å². The molecule has 1 aromatic heterocycles. The van der Waals surface area contributed by atoms with Crippen LogP contribution in [-0.4, -0.2) is 53.3 Å². The first-order valence-corrected chi connectivity index (χ1v) is 12.0. The molecule has 4 aliphatic rings. The Morgan fingerprint density at radius 3 is 3.00 bits per heavy atom. The molecule has 2 saturated heterocycles. The molecule has 2 amide bonds. The van der Waals surface area contributed by atoms with E-state index >= 15 is 0 Å². The standard InChI is InChI=1S/C27H25N3O5/c31-25(28-10-8-17-12-29-19-4-2-1-3-18(17)19)23-21-7-9-27(35-21)14-30(26(32)24(23)27)13-16-5-6-20-22(11-16)34-15-33-20/h1-7,9,11-12,21,23-24,29H,8,10,13-15H2,(H,28,31). The number of benzene rings is 2. The van der Waals surface area contributed by atoms with Gasteiger partial charge in [0.2, 0.25) is 18.6 Å². The predicted molar refractivity (Wildman–Crippen MR) is 127 cm³/mol. The largest absolute Gasteiger partial charge is 0.454 e. The maximum atomic E-state index is 13.5. The van der Waals surface area contributed by atoms with E-state index in [9.17, 15) is 9.59 Å². The van der Waals surface area contributed by atoms with Gasteiger partial charge in [-0.15, -0.1) is 0 Å². The fourth-order valence-corrected chi connectivity index (χ4v) is 6.05. The van der Waals surface area contributed by atoms with E-state index in [0.29, 0.717) is 37.6 Å². The number of aromatic amines is 1. The van der Waals surface area contributed by atoms with Gasteiger partial charge in [-0.2, -0.15) is 0 Å². The average Bonchev–Trinajstić information content (AvgIpc) is 3.67. The first-order valence-electron chi connectivity index (χ1n) is 12.0. The predicted octanol–water partition coefficient (Wildman–Crippen LogP) is 2.54. The third-order valence-electron chi connectivity index (χ3n) is 7.66. The number of hydrogen-bond donors (Lipinski definition) is 2. The Kier molecular flexibility index (Phi) is 4.48. The van der Waals surface area contributed by atoms with E-state index < -0.39 is 17.4 Å². The molecule has 2 bridgehead atoms. The number of H-pyrrole nitrogens is 1. The van der Waals surface area contributed by atoms with Crippen molar-refractivity contribution in [1.82, 2.24) is 15.2 Å². The molecule has 4 atom stereocenters. The number of carbonyl (C=O) groups is 2. The highest BCUT2D eigenvalue weighted by Gasteiger charge is 2.66. The van der Waals surface area contributed by atoms with Gasteiger partial charge in [-0.25, -0.2) is 0 Å². The van der Waals surface area contributed by atoms with Gasteiger partial charge in [0.15, 0.2) is 11.5 Å². The molecule has 4 aliphatic heterocycles. The average molecular weight is 472 g/mol. The van der Waals surface area contributed by atoms with Crippen molar-refractivity contribution in [2.45, 2.75) is 24.7 Å². The van der Waals surface area contributed by atoms with Gasteiger partial charge in [-0.3, -0.25) is 9.59 Å². The molecule has 5 heterocycles. The van der Waals surface area contributed by atoms with E-state index in [2.05, 4.69) is 16.4 Å². The first-order chi connectivity index (χ1) is 17.1. The van der Waals surface area contributed by atoms with Gasteiger partial charge in [0, 0.05) is 30.2 Å². The lowest BCUT2D eigenvalue weighted by molar-refractivity contribution is -0.137. The number of rotatable bonds is 6. The van der Waals surface area contributed by atoms with Crippen LogP contribution in [0.1, 0.15) is 11.1 Å². The minimum Gasteiger partial charge on any atom is -0.454 e. The summed E-state index contributed by atoms with van der Waals surface area (Å²) < 4.78 is 17.1. The summed E-state index contributed by atoms with van der Waals surface area (Å²) in [6, 6.07) is 13.8. The zero-order valence-electron chi connectivity index (χ0n) is 19.0. The molecule has 2 fully saturated rings. The topological polar surface area (TPSA) is 92.9 Å². The van der Waals surface area contributed by atoms with Gasteiger partial charge in [0.25, 0.3) is 0 Å². The third kappa shape index (κ3) is 3.16. The van der Waals surface area contributed by atoms with E-state index in [1.807, 2.05) is 54.7 Å². The lowest BCUT2D eigenvalue weighted by atomic mass is 9.77. The Morgan fingerprint density at radius 1 is 1.17 bits per heavy atom. The molecule has 0 radical (unpaired) electrons. The molecule has 3 aromatic rings. The summed E-state index contributed by atoms with van der Waals surface area (Å²) in [6.45, 7) is 1.59. The molecule has 1 spiro atoms. The van der Waals surface area contributed by atoms with Crippen molar-refractivity contribution in [2.75, 3.05) is 19.9 Å². The zero-order chi connectivity index (χ0) is 23.6. The van der Waals surface area contributed by atoms with Crippen LogP contribution in [0.2, 0.25) is 0 Å². The summed E-state index contributed by atoms with van der Waals surface area (Å²) in [5.74, 6) is 0.232. The number of nitrogens with zero attached hydrogens (tertiary/aromatic N) is 1. The smallest absolute Gasteiger partial charge is 0.231 e. The minimum absolute atomic E-state index is 0.0358. The summed E-state index contributed by atoms with van der Waals surface area (Å²) in [5.41, 5.74) is 2.48. The SMILES string of the molecule is O=C(NCCc1c[nH]c2ccccc12)C1C2C=CC3(CN(Cc4ccc5c(c4)OCO5)C(=O)C13)O2. The van der Waals surface area contributed by atoms with Crippen LogP contribution in [0.25, 0.3) is 10.9 Å². The highest BCUT2D eigenvalue weighted by Crippen LogP contribution is 2.52. The summed E-state index contributed by atoms with van der Waals surface area (Å²) in [4.78, 5) is 31.8. The Balaban J connectivity index is 1.04. The normalized spacial score (nSPS) is 27.7. The number of nitrogens with one attached hydrogen (secondary N) is 2. The number of amides is 2. The van der Waals surface area contributed by atoms with Gasteiger partial charge >= 0.3 is 0 Å². The molecule has 8 heteroatoms. The van der Waals surface area contributed by atoms with Crippen LogP contribution in [-0.2, 0) is 27.3 Å². The van der Waals surface area contributed by atoms with Gasteiger partial charge in [-0.1, -0.05) is 36.4 Å². The van der Waals surface area contributed by atoms with E-state index in [1.165, 1.54) is 0 Å². The maximum absolute atomic E-state index is 13.5. The first kappa shape index (κ1) is 20.6. The molecule has 2 N–H and O–H groups in total. The van der Waals surface area contributed by atoms with Crippen LogP contribution in [0.15, 0.2) is 60.8 Å². The van der Waals surface area contributed by atoms with Gasteiger partial charge in [0.1, 0.15) is 5.60 Å². The lowest BCUT2D eigenvalue weighted by Crippen LogP contribution is -2.44. The van der Waals surface area contributed by atoms with Crippen molar-refractivity contribution < 1.29 is 23.8 Å². The highest BCUT2D eigenvalue weighted by molar-refractivity contribution is 5.93. The van der Waals surface area contributed by atoms with E-state index in [0.717, 1.165) is 22.0 Å². The van der Waals surface area contributed by atoms with Gasteiger partial charge in [-0.05, 0) is 35.7 Å². The lowest BCUT2D eigenvalue weighted by Gasteiger charge is -2.23. The number of aromatic nitrogens is 1. The second-order valence-electron chi connectivity index (χ2n) is 9.68. The van der Waals surface area contributed by atoms with Crippen LogP contribution >= 0.6 is 0 Å². The molecular weight excluding hydrogens is 446 g/mol. The minimum atomic E-state index is -0.725. The van der Waals surface area contributed by atoms with Crippen molar-refractivity contribution in [3.63, 3.8) is 0 Å². The Bertz CT molecular complexity index is 1380. The fraction of sp³-hybridized carbons (Fsp3) is 0.333. The molecular formula is C27H25N3O5. The van der Waals surface area contributed by atoms with Crippen molar-refractivity contribution in [3.05, 3.63) is 71.9 Å². The van der Waals surface area contributed by atoms with Crippen molar-refractivity contribution in [2.24, 2.45) is 11.8 Å². The second-order valence-corrected chi connectivity index (χ2v) is 9.68. The maximum Gasteiger partial charge on any atom is 0.231 e. The van der Waals surface area contributed by atoms with E-state index in [4.69, 9.17) is 14.2 Å². The van der Waals surface area contributed by atoms with Crippen molar-refractivity contribution >= 4 is 22.7 Å². The quantitative estimate of drug-likeness (QED) is 0.539. The Hall–Kier alpha value is -3.78. The number of carbonyl (C=O) groups excluding carboxylic acids is 2. The van der Waals surface area contributed by atoms with E-state index in [1.54, 1.807) is 4.90 Å². The Morgan fingerprint density at radius 2 is 2.06 bits per heavy atom. The Labute approximate surface area is 201 Å². The molecule has 7 rings (SSSR count). The fourth-order valence-electron chi connectivity index (χ4n) is 6.05. The number of fused-ring (bicyclic) bond motifs is 3. The summed E-state index contributed by atoms with van der Waals surface area (Å²) >= 11 is 0. The molecule has 35 heavy (non-hydrogen) atoms. The monoisotopic (exact) mass is 471 g/mol. The molecule has 0 saturated carbocycles. The van der Waals surface area contributed by atoms with Gasteiger partial charge in [0.05, 0.1) is 24.5 Å². The van der Waals surface area contributed by atoms with Crippen LogP contribution in [0.4, 0.5) is 0 Å². The van der Waals surface area contributed by atoms with Crippen LogP contribution in [0.5, 0.6) is 11.5 Å².